The van der Waals surface area contributed by atoms with Gasteiger partial charge in [0.2, 0.25) is 0 Å². The van der Waals surface area contributed by atoms with Crippen LogP contribution in [-0.4, -0.2) is 0 Å². The van der Waals surface area contributed by atoms with Crippen molar-refractivity contribution < 1.29 is 0 Å². The molecule has 0 atom stereocenters. The molecule has 1 nitrogen and oxygen atoms in total. The maximum Gasteiger partial charge on any atom is 0.0546 e. The molecule has 0 N–H and O–H groups in total. The average Bonchev–Trinajstić information content (AvgIpc) is 3.34. The Bertz CT molecular complexity index is 3330. The largest absolute Gasteiger partial charge is 0.310 e. The van der Waals surface area contributed by atoms with Gasteiger partial charge < -0.3 is 4.90 Å². The predicted octanol–water partition coefficient (Wildman–Crippen LogP) is 17.0. The zero-order valence-electron chi connectivity index (χ0n) is 33.6. The summed E-state index contributed by atoms with van der Waals surface area (Å²) in [6.45, 7) is 0. The second-order valence-corrected chi connectivity index (χ2v) is 15.7. The summed E-state index contributed by atoms with van der Waals surface area (Å²) < 4.78 is 0. The van der Waals surface area contributed by atoms with E-state index in [1.165, 1.54) is 82.4 Å². The first-order chi connectivity index (χ1) is 30.2. The van der Waals surface area contributed by atoms with E-state index < -0.39 is 0 Å². The van der Waals surface area contributed by atoms with Crippen LogP contribution in [0.4, 0.5) is 17.1 Å². The summed E-state index contributed by atoms with van der Waals surface area (Å²) in [4.78, 5) is 2.43. The van der Waals surface area contributed by atoms with Crippen LogP contribution in [-0.2, 0) is 0 Å². The third kappa shape index (κ3) is 6.93. The van der Waals surface area contributed by atoms with E-state index in [-0.39, 0.29) is 0 Å². The van der Waals surface area contributed by atoms with Crippen LogP contribution in [0.25, 0.3) is 88.0 Å². The summed E-state index contributed by atoms with van der Waals surface area (Å²) in [7, 11) is 0. The molecule has 0 aliphatic rings. The number of hydrogen-bond acceptors (Lipinski definition) is 1. The molecule has 0 unspecified atom stereocenters. The lowest BCUT2D eigenvalue weighted by Crippen LogP contribution is -2.11. The second-order valence-electron chi connectivity index (χ2n) is 15.7. The maximum atomic E-state index is 2.43. The van der Waals surface area contributed by atoms with Gasteiger partial charge in [0.1, 0.15) is 0 Å². The van der Waals surface area contributed by atoms with Gasteiger partial charge in [-0.3, -0.25) is 0 Å². The van der Waals surface area contributed by atoms with E-state index >= 15 is 0 Å². The zero-order chi connectivity index (χ0) is 40.5. The number of rotatable bonds is 8. The molecular weight excluding hydrogens is 735 g/mol. The molecule has 0 bridgehead atoms. The number of hydrogen-bond donors (Lipinski definition) is 0. The molecule has 11 aromatic carbocycles. The first-order valence-electron chi connectivity index (χ1n) is 21.0. The fourth-order valence-electron chi connectivity index (χ4n) is 8.96. The van der Waals surface area contributed by atoms with E-state index in [4.69, 9.17) is 0 Å². The quantitative estimate of drug-likeness (QED) is 0.139. The van der Waals surface area contributed by atoms with Gasteiger partial charge in [-0.05, 0) is 125 Å². The summed E-state index contributed by atoms with van der Waals surface area (Å²) in [5.41, 5.74) is 15.2. The summed E-state index contributed by atoms with van der Waals surface area (Å²) in [6, 6.07) is 90.5. The highest BCUT2D eigenvalue weighted by Gasteiger charge is 2.20. The molecule has 0 saturated heterocycles. The molecule has 0 aromatic heterocycles. The van der Waals surface area contributed by atoms with Gasteiger partial charge in [-0.2, -0.15) is 0 Å². The molecule has 0 aliphatic heterocycles. The van der Waals surface area contributed by atoms with Crippen LogP contribution in [0.2, 0.25) is 0 Å². The number of nitrogens with zero attached hydrogens (tertiary/aromatic N) is 1. The Morgan fingerprint density at radius 1 is 0.213 bits per heavy atom. The first-order valence-corrected chi connectivity index (χ1v) is 21.0. The molecule has 0 spiro atoms. The average molecular weight is 776 g/mol. The first kappa shape index (κ1) is 36.1. The minimum Gasteiger partial charge on any atom is -0.310 e. The van der Waals surface area contributed by atoms with Crippen molar-refractivity contribution in [3.05, 3.63) is 249 Å². The summed E-state index contributed by atoms with van der Waals surface area (Å²) in [6.07, 6.45) is 0. The monoisotopic (exact) mass is 775 g/mol. The van der Waals surface area contributed by atoms with Crippen molar-refractivity contribution in [3.63, 3.8) is 0 Å². The van der Waals surface area contributed by atoms with Crippen LogP contribution < -0.4 is 4.90 Å². The SMILES string of the molecule is c1ccc(-c2cccc(-c3ccc(N(c4ccc(-c5ccc6c(ccc7ccccc76)c5)cc4)c4cc(-c5cccc6ccccc56)ccc4-c4ccccc4)cc3)c2)cc1. The number of fused-ring (bicyclic) bond motifs is 4. The number of benzene rings is 11. The summed E-state index contributed by atoms with van der Waals surface area (Å²) in [5, 5.41) is 7.54. The van der Waals surface area contributed by atoms with E-state index in [0.29, 0.717) is 0 Å². The molecule has 0 radical (unpaired) electrons. The summed E-state index contributed by atoms with van der Waals surface area (Å²) >= 11 is 0. The van der Waals surface area contributed by atoms with Crippen LogP contribution >= 0.6 is 0 Å². The second kappa shape index (κ2) is 15.6. The standard InChI is InChI=1S/C60H41N/c1-3-13-42(14-4-1)48-20-11-21-49(39-48)43-27-33-53(34-28-43)61(54-35-29-44(30-36-54)50-31-37-58-51(40-50)26-25-47-18-8-10-23-56(47)58)60-41-52(32-38-59(60)46-15-5-2-6-16-46)57-24-12-19-45-17-7-9-22-55(45)57/h1-41H. The highest BCUT2D eigenvalue weighted by atomic mass is 15.1. The molecule has 0 amide bonds. The zero-order valence-corrected chi connectivity index (χ0v) is 33.6. The molecule has 11 aromatic rings. The molecule has 0 heterocycles. The molecule has 0 aliphatic carbocycles. The molecule has 0 saturated carbocycles. The van der Waals surface area contributed by atoms with Crippen molar-refractivity contribution in [1.29, 1.82) is 0 Å². The van der Waals surface area contributed by atoms with E-state index in [2.05, 4.69) is 254 Å². The maximum absolute atomic E-state index is 2.43. The van der Waals surface area contributed by atoms with E-state index in [9.17, 15) is 0 Å². The third-order valence-corrected chi connectivity index (χ3v) is 12.1. The van der Waals surface area contributed by atoms with Crippen LogP contribution in [0, 0.1) is 0 Å². The Hall–Kier alpha value is -8.00. The minimum atomic E-state index is 1.08. The lowest BCUT2D eigenvalue weighted by molar-refractivity contribution is 1.28. The van der Waals surface area contributed by atoms with Crippen LogP contribution in [0.5, 0.6) is 0 Å². The highest BCUT2D eigenvalue weighted by Crippen LogP contribution is 2.45. The molecule has 0 fully saturated rings. The Morgan fingerprint density at radius 2 is 0.672 bits per heavy atom. The molecule has 1 heteroatoms. The van der Waals surface area contributed by atoms with Gasteiger partial charge in [-0.15, -0.1) is 0 Å². The Labute approximate surface area is 357 Å². The third-order valence-electron chi connectivity index (χ3n) is 12.1. The van der Waals surface area contributed by atoms with Gasteiger partial charge in [-0.25, -0.2) is 0 Å². The van der Waals surface area contributed by atoms with Crippen LogP contribution in [0.3, 0.4) is 0 Å². The Balaban J connectivity index is 1.06. The Morgan fingerprint density at radius 3 is 1.36 bits per heavy atom. The fourth-order valence-corrected chi connectivity index (χ4v) is 8.96. The van der Waals surface area contributed by atoms with Crippen molar-refractivity contribution in [2.24, 2.45) is 0 Å². The van der Waals surface area contributed by atoms with E-state index in [1.54, 1.807) is 0 Å². The highest BCUT2D eigenvalue weighted by molar-refractivity contribution is 6.08. The topological polar surface area (TPSA) is 3.24 Å². The van der Waals surface area contributed by atoms with Gasteiger partial charge in [0.15, 0.2) is 0 Å². The fraction of sp³-hybridized carbons (Fsp3) is 0. The van der Waals surface area contributed by atoms with E-state index in [1.807, 2.05) is 0 Å². The molecule has 61 heavy (non-hydrogen) atoms. The lowest BCUT2D eigenvalue weighted by atomic mass is 9.93. The van der Waals surface area contributed by atoms with Gasteiger partial charge in [-0.1, -0.05) is 206 Å². The Kier molecular flexibility index (Phi) is 9.26. The van der Waals surface area contributed by atoms with Gasteiger partial charge in [0.05, 0.1) is 5.69 Å². The normalized spacial score (nSPS) is 11.3. The summed E-state index contributed by atoms with van der Waals surface area (Å²) in [5.74, 6) is 0. The molecule has 11 rings (SSSR count). The van der Waals surface area contributed by atoms with Crippen molar-refractivity contribution in [3.8, 4) is 55.6 Å². The smallest absolute Gasteiger partial charge is 0.0546 e. The van der Waals surface area contributed by atoms with Gasteiger partial charge in [0, 0.05) is 16.9 Å². The minimum absolute atomic E-state index is 1.08. The van der Waals surface area contributed by atoms with Gasteiger partial charge >= 0.3 is 0 Å². The molecular formula is C60H41N. The van der Waals surface area contributed by atoms with Crippen molar-refractivity contribution >= 4 is 49.4 Å². The van der Waals surface area contributed by atoms with Crippen molar-refractivity contribution in [1.82, 2.24) is 0 Å². The van der Waals surface area contributed by atoms with Crippen LogP contribution in [0.15, 0.2) is 249 Å². The predicted molar refractivity (Wildman–Crippen MR) is 261 cm³/mol. The van der Waals surface area contributed by atoms with Crippen molar-refractivity contribution in [2.45, 2.75) is 0 Å². The van der Waals surface area contributed by atoms with Crippen LogP contribution in [0.1, 0.15) is 0 Å². The lowest BCUT2D eigenvalue weighted by Gasteiger charge is -2.29. The van der Waals surface area contributed by atoms with Gasteiger partial charge in [0.25, 0.3) is 0 Å². The van der Waals surface area contributed by atoms with E-state index in [0.717, 1.165) is 22.6 Å². The van der Waals surface area contributed by atoms with Crippen molar-refractivity contribution in [2.75, 3.05) is 4.90 Å². The number of anilines is 3. The molecule has 286 valence electrons.